The second-order valence-corrected chi connectivity index (χ2v) is 2.79. The zero-order valence-electron chi connectivity index (χ0n) is 8.63. The molecular weight excluding hydrogens is 293 g/mol. The normalized spacial score (nSPS) is 9.14. The summed E-state index contributed by atoms with van der Waals surface area (Å²) < 4.78 is 5.43. The SMILES string of the molecule is CCCCOCc1[c-]cccc1.[Zn+][Br]. The van der Waals surface area contributed by atoms with Gasteiger partial charge in [0.05, 0.1) is 0 Å². The molecule has 0 aliphatic rings. The topological polar surface area (TPSA) is 9.23 Å². The standard InChI is InChI=1S/C11H15O.BrH.Zn/c1-2-3-9-12-10-11-7-5-4-6-8-11;;/h4-7H,2-3,9-10H2,1H3;1H;/q-1;;+2/p-1. The van der Waals surface area contributed by atoms with Crippen LogP contribution in [0.15, 0.2) is 24.3 Å². The van der Waals surface area contributed by atoms with E-state index in [1.807, 2.05) is 24.3 Å². The van der Waals surface area contributed by atoms with Gasteiger partial charge < -0.3 is 4.74 Å². The fourth-order valence-corrected chi connectivity index (χ4v) is 0.949. The van der Waals surface area contributed by atoms with Gasteiger partial charge in [-0.25, -0.2) is 0 Å². The molecule has 0 aliphatic heterocycles. The third-order valence-electron chi connectivity index (χ3n) is 1.67. The van der Waals surface area contributed by atoms with Crippen molar-refractivity contribution in [3.63, 3.8) is 0 Å². The van der Waals surface area contributed by atoms with E-state index in [-0.39, 0.29) is 0 Å². The average Bonchev–Trinajstić information content (AvgIpc) is 2.29. The van der Waals surface area contributed by atoms with Gasteiger partial charge in [0.15, 0.2) is 0 Å². The zero-order chi connectivity index (χ0) is 10.6. The number of ether oxygens (including phenoxy) is 1. The summed E-state index contributed by atoms with van der Waals surface area (Å²) in [5, 5.41) is 0. The molecule has 0 saturated carbocycles. The summed E-state index contributed by atoms with van der Waals surface area (Å²) in [6, 6.07) is 11.0. The van der Waals surface area contributed by atoms with Gasteiger partial charge in [0.2, 0.25) is 0 Å². The van der Waals surface area contributed by atoms with Crippen LogP contribution < -0.4 is 0 Å². The number of benzene rings is 1. The van der Waals surface area contributed by atoms with Gasteiger partial charge >= 0.3 is 30.0 Å². The molecule has 14 heavy (non-hydrogen) atoms. The van der Waals surface area contributed by atoms with Crippen molar-refractivity contribution in [2.45, 2.75) is 26.4 Å². The monoisotopic (exact) mass is 306 g/mol. The first-order chi connectivity index (χ1) is 6.93. The summed E-state index contributed by atoms with van der Waals surface area (Å²) in [6.07, 6.45) is 2.34. The van der Waals surface area contributed by atoms with Crippen LogP contribution in [-0.4, -0.2) is 6.61 Å². The van der Waals surface area contributed by atoms with E-state index in [2.05, 4.69) is 26.6 Å². The molecule has 0 aliphatic carbocycles. The minimum atomic E-state index is 0.695. The van der Waals surface area contributed by atoms with Crippen LogP contribution in [0.25, 0.3) is 0 Å². The van der Waals surface area contributed by atoms with Crippen LogP contribution in [0, 0.1) is 6.07 Å². The minimum absolute atomic E-state index is 0.695. The Morgan fingerprint density at radius 3 is 2.79 bits per heavy atom. The molecule has 0 spiro atoms. The summed E-state index contributed by atoms with van der Waals surface area (Å²) >= 11 is 4.25. The quantitative estimate of drug-likeness (QED) is 0.458. The molecule has 0 unspecified atom stereocenters. The Morgan fingerprint density at radius 2 is 2.21 bits per heavy atom. The van der Waals surface area contributed by atoms with Crippen LogP contribution in [0.1, 0.15) is 25.3 Å². The Bertz CT molecular complexity index is 204. The van der Waals surface area contributed by atoms with Crippen LogP contribution in [0.3, 0.4) is 0 Å². The fourth-order valence-electron chi connectivity index (χ4n) is 0.949. The molecular formula is C11H15BrOZn. The van der Waals surface area contributed by atoms with Crippen molar-refractivity contribution in [1.82, 2.24) is 0 Å². The van der Waals surface area contributed by atoms with Crippen molar-refractivity contribution in [2.75, 3.05) is 6.61 Å². The van der Waals surface area contributed by atoms with Crippen molar-refractivity contribution in [3.05, 3.63) is 35.9 Å². The van der Waals surface area contributed by atoms with Gasteiger partial charge in [0, 0.05) is 13.2 Å². The number of unbranched alkanes of at least 4 members (excludes halogenated alkanes) is 1. The van der Waals surface area contributed by atoms with Crippen LogP contribution in [-0.2, 0) is 27.7 Å². The van der Waals surface area contributed by atoms with Gasteiger partial charge in [-0.2, -0.15) is 30.3 Å². The van der Waals surface area contributed by atoms with Gasteiger partial charge in [-0.3, -0.25) is 0 Å². The Labute approximate surface area is 103 Å². The van der Waals surface area contributed by atoms with Crippen LogP contribution in [0.4, 0.5) is 0 Å². The number of halogens is 1. The van der Waals surface area contributed by atoms with E-state index in [0.29, 0.717) is 6.61 Å². The molecule has 0 bridgehead atoms. The first kappa shape index (κ1) is 14.3. The van der Waals surface area contributed by atoms with Crippen molar-refractivity contribution in [2.24, 2.45) is 0 Å². The maximum atomic E-state index is 5.43. The molecule has 1 aromatic carbocycles. The van der Waals surface area contributed by atoms with Crippen LogP contribution in [0.2, 0.25) is 0 Å². The molecule has 0 aromatic heterocycles. The van der Waals surface area contributed by atoms with E-state index in [1.54, 1.807) is 0 Å². The molecule has 0 atom stereocenters. The zero-order valence-corrected chi connectivity index (χ0v) is 13.2. The second-order valence-electron chi connectivity index (χ2n) is 2.79. The van der Waals surface area contributed by atoms with Gasteiger partial charge in [-0.15, -0.1) is 5.56 Å². The Kier molecular flexibility index (Phi) is 11.6. The van der Waals surface area contributed by atoms with Crippen molar-refractivity contribution < 1.29 is 21.1 Å². The first-order valence-electron chi connectivity index (χ1n) is 4.73. The predicted octanol–water partition coefficient (Wildman–Crippen LogP) is 3.65. The van der Waals surface area contributed by atoms with Gasteiger partial charge in [0.25, 0.3) is 0 Å². The molecule has 3 heteroatoms. The van der Waals surface area contributed by atoms with E-state index in [4.69, 9.17) is 4.74 Å². The third-order valence-corrected chi connectivity index (χ3v) is 1.67. The van der Waals surface area contributed by atoms with E-state index in [1.165, 1.54) is 22.8 Å². The van der Waals surface area contributed by atoms with Crippen LogP contribution in [0.5, 0.6) is 0 Å². The Morgan fingerprint density at radius 1 is 1.43 bits per heavy atom. The average molecular weight is 309 g/mol. The molecule has 1 rings (SSSR count). The van der Waals surface area contributed by atoms with E-state index in [9.17, 15) is 0 Å². The molecule has 1 nitrogen and oxygen atoms in total. The molecule has 1 aromatic rings. The number of hydrogen-bond acceptors (Lipinski definition) is 1. The Balaban J connectivity index is 0.000000791. The van der Waals surface area contributed by atoms with Gasteiger partial charge in [0.1, 0.15) is 0 Å². The summed E-state index contributed by atoms with van der Waals surface area (Å²) in [7, 11) is 0. The van der Waals surface area contributed by atoms with E-state index < -0.39 is 0 Å². The molecule has 0 saturated heterocycles. The summed E-state index contributed by atoms with van der Waals surface area (Å²) in [5.74, 6) is 0. The second kappa shape index (κ2) is 11.4. The van der Waals surface area contributed by atoms with E-state index >= 15 is 0 Å². The van der Waals surface area contributed by atoms with Crippen molar-refractivity contribution in [3.8, 4) is 0 Å². The molecule has 0 heterocycles. The fraction of sp³-hybridized carbons (Fsp3) is 0.455. The maximum absolute atomic E-state index is 5.43. The number of rotatable bonds is 5. The van der Waals surface area contributed by atoms with Crippen LogP contribution >= 0.6 is 13.6 Å². The van der Waals surface area contributed by atoms with Crippen molar-refractivity contribution >= 4 is 13.6 Å². The molecule has 0 N–H and O–H groups in total. The third kappa shape index (κ3) is 7.67. The van der Waals surface area contributed by atoms with E-state index in [0.717, 1.165) is 18.6 Å². The first-order valence-corrected chi connectivity index (χ1v) is 11.7. The summed E-state index contributed by atoms with van der Waals surface area (Å²) in [4.78, 5) is 0. The molecule has 0 radical (unpaired) electrons. The molecule has 74 valence electrons. The molecule has 0 amide bonds. The Hall–Kier alpha value is 0.283. The summed E-state index contributed by atoms with van der Waals surface area (Å²) in [6.45, 7) is 3.72. The summed E-state index contributed by atoms with van der Waals surface area (Å²) in [5.41, 5.74) is 1.13. The van der Waals surface area contributed by atoms with Gasteiger partial charge in [-0.1, -0.05) is 13.3 Å². The van der Waals surface area contributed by atoms with Crippen molar-refractivity contribution in [1.29, 1.82) is 0 Å². The predicted molar refractivity (Wildman–Crippen MR) is 58.8 cm³/mol. The molecule has 0 fully saturated rings. The van der Waals surface area contributed by atoms with Gasteiger partial charge in [-0.05, 0) is 6.42 Å². The number of hydrogen-bond donors (Lipinski definition) is 0.